The van der Waals surface area contributed by atoms with Gasteiger partial charge in [0.25, 0.3) is 0 Å². The lowest BCUT2D eigenvalue weighted by molar-refractivity contribution is 0.00684. The van der Waals surface area contributed by atoms with Crippen LogP contribution in [0.15, 0.2) is 24.3 Å². The molecule has 1 aliphatic rings. The minimum atomic E-state index is -0.293. The van der Waals surface area contributed by atoms with Crippen LogP contribution in [-0.2, 0) is 6.42 Å². The first-order valence-corrected chi connectivity index (χ1v) is 6.23. The van der Waals surface area contributed by atoms with Gasteiger partial charge in [-0.15, -0.1) is 0 Å². The fraction of sp³-hybridized carbons (Fsp3) is 0.571. The molecule has 0 aliphatic heterocycles. The van der Waals surface area contributed by atoms with Gasteiger partial charge >= 0.3 is 0 Å². The van der Waals surface area contributed by atoms with E-state index in [9.17, 15) is 5.11 Å². The third kappa shape index (κ3) is 2.76. The summed E-state index contributed by atoms with van der Waals surface area (Å²) in [7, 11) is 0. The SMILES string of the molecule is CCc1cccc(O[C@H]2CCCC[C@@H]2O)c1. The molecular formula is C14H20O2. The summed E-state index contributed by atoms with van der Waals surface area (Å²) in [4.78, 5) is 0. The lowest BCUT2D eigenvalue weighted by Crippen LogP contribution is -2.34. The second kappa shape index (κ2) is 5.35. The molecule has 0 unspecified atom stereocenters. The molecular weight excluding hydrogens is 200 g/mol. The van der Waals surface area contributed by atoms with E-state index in [1.807, 2.05) is 12.1 Å². The molecule has 2 heteroatoms. The van der Waals surface area contributed by atoms with Gasteiger partial charge in [-0.1, -0.05) is 25.5 Å². The summed E-state index contributed by atoms with van der Waals surface area (Å²) in [6.07, 6.45) is 4.84. The highest BCUT2D eigenvalue weighted by Gasteiger charge is 2.24. The fourth-order valence-electron chi connectivity index (χ4n) is 2.23. The van der Waals surface area contributed by atoms with Crippen molar-refractivity contribution in [3.05, 3.63) is 29.8 Å². The van der Waals surface area contributed by atoms with Crippen molar-refractivity contribution in [1.29, 1.82) is 0 Å². The van der Waals surface area contributed by atoms with Crippen LogP contribution in [0.25, 0.3) is 0 Å². The van der Waals surface area contributed by atoms with Gasteiger partial charge in [0.1, 0.15) is 11.9 Å². The van der Waals surface area contributed by atoms with Crippen LogP contribution in [0.1, 0.15) is 38.2 Å². The van der Waals surface area contributed by atoms with Gasteiger partial charge in [-0.25, -0.2) is 0 Å². The normalized spacial score (nSPS) is 25.4. The van der Waals surface area contributed by atoms with Gasteiger partial charge in [0.2, 0.25) is 0 Å². The Morgan fingerprint density at radius 3 is 2.88 bits per heavy atom. The van der Waals surface area contributed by atoms with E-state index in [2.05, 4.69) is 19.1 Å². The first kappa shape index (κ1) is 11.5. The zero-order valence-electron chi connectivity index (χ0n) is 9.86. The number of aliphatic hydroxyl groups excluding tert-OH is 1. The van der Waals surface area contributed by atoms with Crippen molar-refractivity contribution in [3.63, 3.8) is 0 Å². The monoisotopic (exact) mass is 220 g/mol. The van der Waals surface area contributed by atoms with Crippen LogP contribution in [0.2, 0.25) is 0 Å². The van der Waals surface area contributed by atoms with E-state index in [1.54, 1.807) is 0 Å². The molecule has 1 saturated carbocycles. The Kier molecular flexibility index (Phi) is 3.83. The zero-order valence-corrected chi connectivity index (χ0v) is 9.86. The molecule has 2 atom stereocenters. The quantitative estimate of drug-likeness (QED) is 0.848. The predicted molar refractivity (Wildman–Crippen MR) is 64.7 cm³/mol. The molecule has 0 aromatic heterocycles. The average molecular weight is 220 g/mol. The molecule has 1 aromatic carbocycles. The molecule has 1 aromatic rings. The van der Waals surface area contributed by atoms with Crippen molar-refractivity contribution in [2.75, 3.05) is 0 Å². The Morgan fingerprint density at radius 1 is 1.31 bits per heavy atom. The largest absolute Gasteiger partial charge is 0.488 e. The third-order valence-corrected chi connectivity index (χ3v) is 3.26. The van der Waals surface area contributed by atoms with Gasteiger partial charge in [0, 0.05) is 0 Å². The molecule has 0 heterocycles. The lowest BCUT2D eigenvalue weighted by Gasteiger charge is -2.28. The Bertz CT molecular complexity index is 335. The van der Waals surface area contributed by atoms with Crippen LogP contribution < -0.4 is 4.74 Å². The van der Waals surface area contributed by atoms with Crippen molar-refractivity contribution in [2.24, 2.45) is 0 Å². The molecule has 2 nitrogen and oxygen atoms in total. The standard InChI is InChI=1S/C14H20O2/c1-2-11-6-5-7-12(10-11)16-14-9-4-3-8-13(14)15/h5-7,10,13-15H,2-4,8-9H2,1H3/t13-,14-/m0/s1. The number of hydrogen-bond acceptors (Lipinski definition) is 2. The lowest BCUT2D eigenvalue weighted by atomic mass is 9.95. The van der Waals surface area contributed by atoms with Gasteiger partial charge in [-0.3, -0.25) is 0 Å². The number of hydrogen-bond donors (Lipinski definition) is 1. The fourth-order valence-corrected chi connectivity index (χ4v) is 2.23. The molecule has 0 saturated heterocycles. The van der Waals surface area contributed by atoms with Gasteiger partial charge in [0.05, 0.1) is 6.10 Å². The maximum Gasteiger partial charge on any atom is 0.124 e. The summed E-state index contributed by atoms with van der Waals surface area (Å²) in [6, 6.07) is 8.16. The summed E-state index contributed by atoms with van der Waals surface area (Å²) < 4.78 is 5.86. The minimum Gasteiger partial charge on any atom is -0.488 e. The summed E-state index contributed by atoms with van der Waals surface area (Å²) in [5, 5.41) is 9.83. The molecule has 0 amide bonds. The maximum absolute atomic E-state index is 9.83. The molecule has 0 bridgehead atoms. The number of benzene rings is 1. The summed E-state index contributed by atoms with van der Waals surface area (Å²) in [5.41, 5.74) is 1.28. The van der Waals surface area contributed by atoms with Crippen molar-refractivity contribution < 1.29 is 9.84 Å². The first-order valence-electron chi connectivity index (χ1n) is 6.23. The van der Waals surface area contributed by atoms with Crippen molar-refractivity contribution in [2.45, 2.75) is 51.2 Å². The third-order valence-electron chi connectivity index (χ3n) is 3.26. The van der Waals surface area contributed by atoms with Gasteiger partial charge in [-0.05, 0) is 43.4 Å². The second-order valence-electron chi connectivity index (χ2n) is 4.51. The molecule has 0 radical (unpaired) electrons. The van der Waals surface area contributed by atoms with E-state index in [0.717, 1.165) is 37.9 Å². The number of aryl methyl sites for hydroxylation is 1. The van der Waals surface area contributed by atoms with Crippen molar-refractivity contribution in [1.82, 2.24) is 0 Å². The van der Waals surface area contributed by atoms with Crippen LogP contribution in [0.3, 0.4) is 0 Å². The first-order chi connectivity index (χ1) is 7.79. The van der Waals surface area contributed by atoms with E-state index in [1.165, 1.54) is 5.56 Å². The van der Waals surface area contributed by atoms with E-state index >= 15 is 0 Å². The van der Waals surface area contributed by atoms with Crippen LogP contribution in [0.5, 0.6) is 5.75 Å². The molecule has 1 fully saturated rings. The van der Waals surface area contributed by atoms with Crippen LogP contribution in [0.4, 0.5) is 0 Å². The van der Waals surface area contributed by atoms with E-state index < -0.39 is 0 Å². The Morgan fingerprint density at radius 2 is 2.12 bits per heavy atom. The highest BCUT2D eigenvalue weighted by atomic mass is 16.5. The molecule has 88 valence electrons. The zero-order chi connectivity index (χ0) is 11.4. The number of aliphatic hydroxyl groups is 1. The predicted octanol–water partition coefficient (Wildman–Crippen LogP) is 2.93. The minimum absolute atomic E-state index is 0.0131. The van der Waals surface area contributed by atoms with E-state index in [-0.39, 0.29) is 12.2 Å². The molecule has 1 N–H and O–H groups in total. The summed E-state index contributed by atoms with van der Waals surface area (Å²) in [6.45, 7) is 2.13. The van der Waals surface area contributed by atoms with Gasteiger partial charge < -0.3 is 9.84 Å². The average Bonchev–Trinajstić information content (AvgIpc) is 2.32. The highest BCUT2D eigenvalue weighted by Crippen LogP contribution is 2.24. The van der Waals surface area contributed by atoms with E-state index in [4.69, 9.17) is 4.74 Å². The van der Waals surface area contributed by atoms with Crippen LogP contribution >= 0.6 is 0 Å². The Labute approximate surface area is 97.3 Å². The van der Waals surface area contributed by atoms with Crippen LogP contribution in [0, 0.1) is 0 Å². The second-order valence-corrected chi connectivity index (χ2v) is 4.51. The Hall–Kier alpha value is -1.02. The topological polar surface area (TPSA) is 29.5 Å². The number of ether oxygens (including phenoxy) is 1. The summed E-state index contributed by atoms with van der Waals surface area (Å²) in [5.74, 6) is 0.894. The van der Waals surface area contributed by atoms with E-state index in [0.29, 0.717) is 0 Å². The molecule has 16 heavy (non-hydrogen) atoms. The van der Waals surface area contributed by atoms with Crippen molar-refractivity contribution >= 4 is 0 Å². The number of rotatable bonds is 3. The van der Waals surface area contributed by atoms with Gasteiger partial charge in [0.15, 0.2) is 0 Å². The summed E-state index contributed by atoms with van der Waals surface area (Å²) >= 11 is 0. The highest BCUT2D eigenvalue weighted by molar-refractivity contribution is 5.28. The molecule has 2 rings (SSSR count). The van der Waals surface area contributed by atoms with Gasteiger partial charge in [-0.2, -0.15) is 0 Å². The molecule has 1 aliphatic carbocycles. The maximum atomic E-state index is 9.83. The van der Waals surface area contributed by atoms with Crippen LogP contribution in [-0.4, -0.2) is 17.3 Å². The van der Waals surface area contributed by atoms with Crippen molar-refractivity contribution in [3.8, 4) is 5.75 Å². The molecule has 0 spiro atoms. The smallest absolute Gasteiger partial charge is 0.124 e. The Balaban J connectivity index is 2.01.